The Hall–Kier alpha value is -3.05. The second-order valence-electron chi connectivity index (χ2n) is 10.2. The normalized spacial score (nSPS) is 37.2. The Morgan fingerprint density at radius 3 is 2.27 bits per heavy atom. The number of phenols is 2. The van der Waals surface area contributed by atoms with Gasteiger partial charge in [-0.3, -0.25) is 4.79 Å². The van der Waals surface area contributed by atoms with Crippen LogP contribution in [-0.2, 0) is 14.2 Å². The standard InChI is InChI=1S/C27H32O14/c1-10-20(32)22(34)24(36)26(37-10)41-25-23(35)21(33)18(9-28)40-27(25)38-13-6-14(30)19-15(31)8-16(39-17(19)7-13)11-2-4-12(29)5-3-11/h2-7,10,16,18,20-30,32-36H,8-9H2,1H3/t10-,16?,18+,20-,21+,22+,23-,24+,25+,26-,27?/m0/s1. The first-order chi connectivity index (χ1) is 19.5. The van der Waals surface area contributed by atoms with E-state index in [2.05, 4.69) is 0 Å². The summed E-state index contributed by atoms with van der Waals surface area (Å²) in [6.45, 7) is 0.716. The first-order valence-electron chi connectivity index (χ1n) is 13.0. The van der Waals surface area contributed by atoms with E-state index in [0.29, 0.717) is 5.56 Å². The predicted octanol–water partition coefficient (Wildman–Crippen LogP) is -1.17. The van der Waals surface area contributed by atoms with Crippen molar-refractivity contribution in [3.05, 3.63) is 47.5 Å². The number of aliphatic hydroxyl groups excluding tert-OH is 6. The molecule has 3 aliphatic rings. The maximum atomic E-state index is 12.9. The molecule has 0 saturated carbocycles. The molecule has 2 fully saturated rings. The van der Waals surface area contributed by atoms with Crippen LogP contribution in [-0.4, -0.2) is 115 Å². The third-order valence-electron chi connectivity index (χ3n) is 7.42. The zero-order valence-electron chi connectivity index (χ0n) is 21.8. The molecule has 2 unspecified atom stereocenters. The molecular formula is C27H32O14. The molecule has 2 aromatic rings. The molecular weight excluding hydrogens is 548 g/mol. The summed E-state index contributed by atoms with van der Waals surface area (Å²) in [4.78, 5) is 12.9. The number of carbonyl (C=O) groups is 1. The Kier molecular flexibility index (Phi) is 8.39. The van der Waals surface area contributed by atoms with Crippen molar-refractivity contribution in [2.75, 3.05) is 6.61 Å². The predicted molar refractivity (Wildman–Crippen MR) is 134 cm³/mol. The lowest BCUT2D eigenvalue weighted by Crippen LogP contribution is -2.64. The number of benzene rings is 2. The van der Waals surface area contributed by atoms with Crippen molar-refractivity contribution >= 4 is 5.78 Å². The van der Waals surface area contributed by atoms with Gasteiger partial charge in [-0.25, -0.2) is 0 Å². The van der Waals surface area contributed by atoms with Crippen LogP contribution in [0.4, 0.5) is 0 Å². The van der Waals surface area contributed by atoms with Crippen LogP contribution in [0.2, 0.25) is 0 Å². The highest BCUT2D eigenvalue weighted by Crippen LogP contribution is 2.43. The van der Waals surface area contributed by atoms with E-state index in [1.165, 1.54) is 25.1 Å². The van der Waals surface area contributed by atoms with Crippen molar-refractivity contribution in [1.82, 2.24) is 0 Å². The van der Waals surface area contributed by atoms with E-state index < -0.39 is 85.7 Å². The summed E-state index contributed by atoms with van der Waals surface area (Å²) in [6, 6.07) is 8.50. The number of ketones is 1. The molecule has 8 N–H and O–H groups in total. The largest absolute Gasteiger partial charge is 0.508 e. The molecule has 3 aliphatic heterocycles. The van der Waals surface area contributed by atoms with Gasteiger partial charge in [-0.05, 0) is 24.6 Å². The van der Waals surface area contributed by atoms with Crippen molar-refractivity contribution in [2.45, 2.75) is 80.9 Å². The van der Waals surface area contributed by atoms with Gasteiger partial charge in [0.05, 0.1) is 19.1 Å². The average Bonchev–Trinajstić information content (AvgIpc) is 2.94. The van der Waals surface area contributed by atoms with Crippen molar-refractivity contribution in [2.24, 2.45) is 0 Å². The first-order valence-corrected chi connectivity index (χ1v) is 13.0. The van der Waals surface area contributed by atoms with Gasteiger partial charge in [0.2, 0.25) is 6.29 Å². The van der Waals surface area contributed by atoms with Gasteiger partial charge in [-0.2, -0.15) is 0 Å². The van der Waals surface area contributed by atoms with Crippen LogP contribution in [0.5, 0.6) is 23.0 Å². The smallest absolute Gasteiger partial charge is 0.229 e. The van der Waals surface area contributed by atoms with Crippen LogP contribution < -0.4 is 9.47 Å². The van der Waals surface area contributed by atoms with E-state index in [4.69, 9.17) is 23.7 Å². The molecule has 224 valence electrons. The maximum Gasteiger partial charge on any atom is 0.229 e. The number of aromatic hydroxyl groups is 2. The van der Waals surface area contributed by atoms with E-state index in [-0.39, 0.29) is 29.2 Å². The van der Waals surface area contributed by atoms with E-state index in [0.717, 1.165) is 6.07 Å². The fourth-order valence-corrected chi connectivity index (χ4v) is 5.07. The highest BCUT2D eigenvalue weighted by molar-refractivity contribution is 6.02. The summed E-state index contributed by atoms with van der Waals surface area (Å²) in [5.74, 6) is -0.947. The molecule has 41 heavy (non-hydrogen) atoms. The number of fused-ring (bicyclic) bond motifs is 1. The molecule has 14 nitrogen and oxygen atoms in total. The second-order valence-corrected chi connectivity index (χ2v) is 10.2. The molecule has 14 heteroatoms. The van der Waals surface area contributed by atoms with Crippen LogP contribution in [0.1, 0.15) is 35.4 Å². The maximum absolute atomic E-state index is 12.9. The number of Topliss-reactive ketones (excluding diaryl/α,β-unsaturated/α-hetero) is 1. The molecule has 0 bridgehead atoms. The van der Waals surface area contributed by atoms with Gasteiger partial charge in [-0.15, -0.1) is 0 Å². The highest BCUT2D eigenvalue weighted by Gasteiger charge is 2.51. The van der Waals surface area contributed by atoms with Gasteiger partial charge in [0.1, 0.15) is 71.3 Å². The highest BCUT2D eigenvalue weighted by atomic mass is 16.8. The molecule has 5 rings (SSSR count). The van der Waals surface area contributed by atoms with Crippen molar-refractivity contribution in [3.63, 3.8) is 0 Å². The topological polar surface area (TPSA) is 225 Å². The number of ether oxygens (including phenoxy) is 5. The fraction of sp³-hybridized carbons (Fsp3) is 0.519. The SMILES string of the molecule is C[C@@H]1O[C@@H](O[C@H]2C(Oc3cc(O)c4c(c3)OC(c3ccc(O)cc3)CC4=O)O[C@H](CO)[C@@H](O)[C@@H]2O)[C@H](O)[C@H](O)[C@H]1O. The minimum atomic E-state index is -1.75. The first kappa shape index (κ1) is 29.4. The minimum absolute atomic E-state index is 0.0149. The molecule has 0 aromatic heterocycles. The van der Waals surface area contributed by atoms with Crippen LogP contribution in [0.3, 0.4) is 0 Å². The summed E-state index contributed by atoms with van der Waals surface area (Å²) >= 11 is 0. The van der Waals surface area contributed by atoms with Gasteiger partial charge in [-0.1, -0.05) is 12.1 Å². The lowest BCUT2D eigenvalue weighted by atomic mass is 9.95. The molecule has 0 aliphatic carbocycles. The molecule has 2 saturated heterocycles. The Morgan fingerprint density at radius 1 is 0.878 bits per heavy atom. The van der Waals surface area contributed by atoms with Crippen molar-refractivity contribution in [1.29, 1.82) is 0 Å². The molecule has 0 spiro atoms. The van der Waals surface area contributed by atoms with Crippen molar-refractivity contribution in [3.8, 4) is 23.0 Å². The van der Waals surface area contributed by atoms with Crippen molar-refractivity contribution < 1.29 is 69.3 Å². The number of hydrogen-bond donors (Lipinski definition) is 8. The molecule has 3 heterocycles. The van der Waals surface area contributed by atoms with Gasteiger partial charge in [0, 0.05) is 12.1 Å². The zero-order chi connectivity index (χ0) is 29.6. The molecule has 0 amide bonds. The number of carbonyl (C=O) groups excluding carboxylic acids is 1. The third kappa shape index (κ3) is 5.70. The fourth-order valence-electron chi connectivity index (χ4n) is 5.07. The Balaban J connectivity index is 1.41. The number of aliphatic hydroxyl groups is 6. The molecule has 0 radical (unpaired) electrons. The van der Waals surface area contributed by atoms with Crippen LogP contribution in [0.15, 0.2) is 36.4 Å². The lowest BCUT2D eigenvalue weighted by molar-refractivity contribution is -0.354. The van der Waals surface area contributed by atoms with E-state index in [1.807, 2.05) is 0 Å². The van der Waals surface area contributed by atoms with Crippen LogP contribution in [0.25, 0.3) is 0 Å². The summed E-state index contributed by atoms with van der Waals surface area (Å²) in [5.41, 5.74) is 0.529. The molecule has 11 atom stereocenters. The van der Waals surface area contributed by atoms with E-state index >= 15 is 0 Å². The number of phenolic OH excluding ortho intramolecular Hbond substituents is 2. The third-order valence-corrected chi connectivity index (χ3v) is 7.42. The summed E-state index contributed by atoms with van der Waals surface area (Å²) in [5, 5.41) is 81.6. The summed E-state index contributed by atoms with van der Waals surface area (Å²) < 4.78 is 28.6. The van der Waals surface area contributed by atoms with Crippen LogP contribution >= 0.6 is 0 Å². The Bertz CT molecular complexity index is 1240. The number of hydrogen-bond acceptors (Lipinski definition) is 14. The van der Waals surface area contributed by atoms with Gasteiger partial charge >= 0.3 is 0 Å². The van der Waals surface area contributed by atoms with E-state index in [9.17, 15) is 45.6 Å². The monoisotopic (exact) mass is 580 g/mol. The quantitative estimate of drug-likeness (QED) is 0.202. The Labute approximate surface area is 233 Å². The summed E-state index contributed by atoms with van der Waals surface area (Å²) in [6.07, 6.45) is -16.0. The Morgan fingerprint density at radius 2 is 1.59 bits per heavy atom. The number of rotatable bonds is 6. The lowest BCUT2D eigenvalue weighted by Gasteiger charge is -2.45. The van der Waals surface area contributed by atoms with Gasteiger partial charge in [0.15, 0.2) is 18.2 Å². The molecule has 2 aromatic carbocycles. The second kappa shape index (κ2) is 11.7. The van der Waals surface area contributed by atoms with Gasteiger partial charge < -0.3 is 64.5 Å². The van der Waals surface area contributed by atoms with Crippen LogP contribution in [0, 0.1) is 0 Å². The van der Waals surface area contributed by atoms with Gasteiger partial charge in [0.25, 0.3) is 0 Å². The zero-order valence-corrected chi connectivity index (χ0v) is 21.8. The van der Waals surface area contributed by atoms with E-state index in [1.54, 1.807) is 12.1 Å². The average molecular weight is 581 g/mol. The minimum Gasteiger partial charge on any atom is -0.508 e. The summed E-state index contributed by atoms with van der Waals surface area (Å²) in [7, 11) is 0.